The molecular weight excluding hydrogens is 246 g/mol. The van der Waals surface area contributed by atoms with Crippen LogP contribution in [0.4, 0.5) is 0 Å². The lowest BCUT2D eigenvalue weighted by Gasteiger charge is -2.27. The maximum atomic E-state index is 4.45. The van der Waals surface area contributed by atoms with Gasteiger partial charge in [-0.05, 0) is 31.7 Å². The van der Waals surface area contributed by atoms with Crippen molar-refractivity contribution in [3.8, 4) is 0 Å². The molecule has 0 radical (unpaired) electrons. The summed E-state index contributed by atoms with van der Waals surface area (Å²) in [5.74, 6) is 2.01. The summed E-state index contributed by atoms with van der Waals surface area (Å²) in [6.45, 7) is 8.00. The third-order valence-electron chi connectivity index (χ3n) is 4.28. The monoisotopic (exact) mass is 279 g/mol. The number of imidazole rings is 1. The number of rotatable bonds is 11. The van der Waals surface area contributed by atoms with Gasteiger partial charge in [0.1, 0.15) is 5.82 Å². The zero-order valence-electron chi connectivity index (χ0n) is 13.9. The third-order valence-corrected chi connectivity index (χ3v) is 4.28. The van der Waals surface area contributed by atoms with Gasteiger partial charge in [0.2, 0.25) is 0 Å². The van der Waals surface area contributed by atoms with E-state index in [1.165, 1.54) is 44.3 Å². The Labute approximate surface area is 125 Å². The molecule has 0 bridgehead atoms. The van der Waals surface area contributed by atoms with Gasteiger partial charge in [0.15, 0.2) is 0 Å². The van der Waals surface area contributed by atoms with Crippen molar-refractivity contribution in [2.45, 2.75) is 71.8 Å². The van der Waals surface area contributed by atoms with Crippen LogP contribution in [0.25, 0.3) is 0 Å². The number of nitrogens with zero attached hydrogens (tertiary/aromatic N) is 2. The van der Waals surface area contributed by atoms with E-state index in [0.717, 1.165) is 18.9 Å². The summed E-state index contributed by atoms with van der Waals surface area (Å²) in [5.41, 5.74) is 0. The molecule has 116 valence electrons. The molecule has 2 atom stereocenters. The van der Waals surface area contributed by atoms with Gasteiger partial charge in [-0.1, -0.05) is 40.0 Å². The van der Waals surface area contributed by atoms with E-state index in [2.05, 4.69) is 42.7 Å². The first-order valence-electron chi connectivity index (χ1n) is 8.42. The highest BCUT2D eigenvalue weighted by atomic mass is 15.0. The Morgan fingerprint density at radius 1 is 1.20 bits per heavy atom. The molecule has 0 saturated heterocycles. The predicted octanol–water partition coefficient (Wildman–Crippen LogP) is 3.94. The van der Waals surface area contributed by atoms with Gasteiger partial charge in [-0.2, -0.15) is 0 Å². The van der Waals surface area contributed by atoms with Crippen molar-refractivity contribution in [1.29, 1.82) is 0 Å². The molecule has 0 aromatic carbocycles. The van der Waals surface area contributed by atoms with Gasteiger partial charge in [0.25, 0.3) is 0 Å². The average Bonchev–Trinajstić information content (AvgIpc) is 2.87. The van der Waals surface area contributed by atoms with Crippen LogP contribution in [-0.4, -0.2) is 22.1 Å². The van der Waals surface area contributed by atoms with E-state index in [-0.39, 0.29) is 0 Å². The van der Waals surface area contributed by atoms with Crippen LogP contribution in [0.5, 0.6) is 0 Å². The quantitative estimate of drug-likeness (QED) is 0.665. The van der Waals surface area contributed by atoms with Gasteiger partial charge < -0.3 is 9.88 Å². The topological polar surface area (TPSA) is 29.9 Å². The Hall–Kier alpha value is -0.830. The van der Waals surface area contributed by atoms with Gasteiger partial charge >= 0.3 is 0 Å². The number of unbranched alkanes of at least 4 members (excludes halogenated alkanes) is 1. The lowest BCUT2D eigenvalue weighted by Crippen LogP contribution is -2.37. The maximum absolute atomic E-state index is 4.45. The first kappa shape index (κ1) is 17.2. The molecule has 0 saturated carbocycles. The van der Waals surface area contributed by atoms with Crippen molar-refractivity contribution in [1.82, 2.24) is 14.9 Å². The molecule has 0 aliphatic rings. The van der Waals surface area contributed by atoms with E-state index in [4.69, 9.17) is 0 Å². The summed E-state index contributed by atoms with van der Waals surface area (Å²) in [7, 11) is 2.09. The molecule has 0 fully saturated rings. The van der Waals surface area contributed by atoms with Crippen LogP contribution in [0, 0.1) is 5.92 Å². The van der Waals surface area contributed by atoms with Crippen LogP contribution >= 0.6 is 0 Å². The summed E-state index contributed by atoms with van der Waals surface area (Å²) in [4.78, 5) is 4.45. The minimum Gasteiger partial charge on any atom is -0.338 e. The van der Waals surface area contributed by atoms with Crippen molar-refractivity contribution in [2.75, 3.05) is 6.54 Å². The Kier molecular flexibility index (Phi) is 8.59. The molecule has 0 aliphatic heterocycles. The lowest BCUT2D eigenvalue weighted by molar-refractivity contribution is 0.301. The van der Waals surface area contributed by atoms with E-state index < -0.39 is 0 Å². The van der Waals surface area contributed by atoms with Crippen molar-refractivity contribution >= 4 is 0 Å². The minimum atomic E-state index is 0.642. The number of nitrogens with one attached hydrogen (secondary N) is 1. The molecule has 1 heterocycles. The van der Waals surface area contributed by atoms with Crippen LogP contribution < -0.4 is 5.32 Å². The van der Waals surface area contributed by atoms with Crippen LogP contribution in [0.3, 0.4) is 0 Å². The van der Waals surface area contributed by atoms with Crippen LogP contribution in [0.2, 0.25) is 0 Å². The molecule has 1 aromatic heterocycles. The third kappa shape index (κ3) is 5.66. The first-order chi connectivity index (χ1) is 9.72. The summed E-state index contributed by atoms with van der Waals surface area (Å²) in [5, 5.41) is 3.77. The van der Waals surface area contributed by atoms with Gasteiger partial charge in [-0.3, -0.25) is 0 Å². The Bertz CT molecular complexity index is 346. The van der Waals surface area contributed by atoms with Gasteiger partial charge in [-0.15, -0.1) is 0 Å². The van der Waals surface area contributed by atoms with E-state index in [0.29, 0.717) is 6.04 Å². The molecule has 0 spiro atoms. The SMILES string of the molecule is CCCCC(CC)C(CCc1nccn1C)NCCC. The molecule has 3 nitrogen and oxygen atoms in total. The molecule has 2 unspecified atom stereocenters. The zero-order chi connectivity index (χ0) is 14.8. The van der Waals surface area contributed by atoms with Crippen molar-refractivity contribution in [2.24, 2.45) is 13.0 Å². The smallest absolute Gasteiger partial charge is 0.108 e. The van der Waals surface area contributed by atoms with E-state index in [1.54, 1.807) is 0 Å². The molecular formula is C17H33N3. The second-order valence-electron chi connectivity index (χ2n) is 5.86. The molecule has 0 aliphatic carbocycles. The van der Waals surface area contributed by atoms with Crippen molar-refractivity contribution in [3.63, 3.8) is 0 Å². The number of aromatic nitrogens is 2. The molecule has 1 rings (SSSR count). The summed E-state index contributed by atoms with van der Waals surface area (Å²) < 4.78 is 2.14. The van der Waals surface area contributed by atoms with Gasteiger partial charge in [-0.25, -0.2) is 4.98 Å². The van der Waals surface area contributed by atoms with Crippen molar-refractivity contribution in [3.05, 3.63) is 18.2 Å². The summed E-state index contributed by atoms with van der Waals surface area (Å²) >= 11 is 0. The number of hydrogen-bond acceptors (Lipinski definition) is 2. The second kappa shape index (κ2) is 9.98. The van der Waals surface area contributed by atoms with Gasteiger partial charge in [0.05, 0.1) is 0 Å². The fourth-order valence-electron chi connectivity index (χ4n) is 2.91. The Morgan fingerprint density at radius 2 is 2.00 bits per heavy atom. The highest BCUT2D eigenvalue weighted by Crippen LogP contribution is 2.20. The Morgan fingerprint density at radius 3 is 2.55 bits per heavy atom. The molecule has 3 heteroatoms. The number of aryl methyl sites for hydroxylation is 2. The molecule has 1 N–H and O–H groups in total. The van der Waals surface area contributed by atoms with Crippen molar-refractivity contribution < 1.29 is 0 Å². The van der Waals surface area contributed by atoms with Crippen LogP contribution in [0.15, 0.2) is 12.4 Å². The van der Waals surface area contributed by atoms with Crippen LogP contribution in [0.1, 0.15) is 65.1 Å². The average molecular weight is 279 g/mol. The second-order valence-corrected chi connectivity index (χ2v) is 5.86. The molecule has 20 heavy (non-hydrogen) atoms. The molecule has 0 amide bonds. The maximum Gasteiger partial charge on any atom is 0.108 e. The van der Waals surface area contributed by atoms with Gasteiger partial charge in [0, 0.05) is 31.9 Å². The molecule has 1 aromatic rings. The normalized spacial score (nSPS) is 14.4. The Balaban J connectivity index is 2.55. The standard InChI is InChI=1S/C17H33N3/c1-5-8-9-15(7-3)16(18-12-6-2)10-11-17-19-13-14-20(17)4/h13-16,18H,5-12H2,1-4H3. The predicted molar refractivity (Wildman–Crippen MR) is 86.9 cm³/mol. The van der Waals surface area contributed by atoms with Crippen LogP contribution in [-0.2, 0) is 13.5 Å². The van der Waals surface area contributed by atoms with E-state index >= 15 is 0 Å². The largest absolute Gasteiger partial charge is 0.338 e. The number of hydrogen-bond donors (Lipinski definition) is 1. The fraction of sp³-hybridized carbons (Fsp3) is 0.824. The van der Waals surface area contributed by atoms with E-state index in [9.17, 15) is 0 Å². The summed E-state index contributed by atoms with van der Waals surface area (Å²) in [6.07, 6.45) is 12.7. The fourth-order valence-corrected chi connectivity index (χ4v) is 2.91. The lowest BCUT2D eigenvalue weighted by atomic mass is 9.88. The zero-order valence-corrected chi connectivity index (χ0v) is 13.9. The highest BCUT2D eigenvalue weighted by molar-refractivity contribution is 4.92. The summed E-state index contributed by atoms with van der Waals surface area (Å²) in [6, 6.07) is 0.642. The first-order valence-corrected chi connectivity index (χ1v) is 8.42. The highest BCUT2D eigenvalue weighted by Gasteiger charge is 2.19. The minimum absolute atomic E-state index is 0.642. The van der Waals surface area contributed by atoms with E-state index in [1.807, 2.05) is 12.4 Å².